The fourth-order valence-corrected chi connectivity index (χ4v) is 7.27. The lowest BCUT2D eigenvalue weighted by molar-refractivity contribution is -0.137. The van der Waals surface area contributed by atoms with Crippen LogP contribution in [-0.4, -0.2) is 70.9 Å². The second kappa shape index (κ2) is 15.7. The van der Waals surface area contributed by atoms with Crippen LogP contribution in [0.1, 0.15) is 93.6 Å². The molecule has 1 unspecified atom stereocenters. The molecule has 4 N–H and O–H groups in total. The number of nitrogens with zero attached hydrogens (tertiary/aromatic N) is 2. The van der Waals surface area contributed by atoms with Crippen LogP contribution in [0.5, 0.6) is 0 Å². The Balaban J connectivity index is 0.898. The first-order valence-electron chi connectivity index (χ1n) is 18.5. The van der Waals surface area contributed by atoms with Gasteiger partial charge in [0, 0.05) is 74.2 Å². The highest BCUT2D eigenvalue weighted by Gasteiger charge is 2.40. The Hall–Kier alpha value is -6.05. The molecule has 1 aromatic heterocycles. The number of hydrogen-bond acceptors (Lipinski definition) is 8. The number of unbranched alkanes of at least 4 members (excludes halogenated alkanes) is 2. The Morgan fingerprint density at radius 1 is 0.909 bits per heavy atom. The molecule has 1 atom stereocenters. The maximum absolute atomic E-state index is 15.3. The lowest BCUT2D eigenvalue weighted by Crippen LogP contribution is -2.52. The number of imide groups is 1. The van der Waals surface area contributed by atoms with Crippen LogP contribution in [-0.2, 0) is 27.3 Å². The fraction of sp³-hybridized carbons (Fsp3) is 0.341. The van der Waals surface area contributed by atoms with Crippen LogP contribution in [0.2, 0.25) is 0 Å². The third-order valence-corrected chi connectivity index (χ3v) is 10.4. The Morgan fingerprint density at radius 3 is 2.47 bits per heavy atom. The summed E-state index contributed by atoms with van der Waals surface area (Å²) in [5.74, 6) is -3.50. The zero-order chi connectivity index (χ0) is 38.8. The summed E-state index contributed by atoms with van der Waals surface area (Å²) in [6, 6.07) is 11.2. The van der Waals surface area contributed by atoms with Crippen LogP contribution in [0.25, 0.3) is 22.0 Å². The van der Waals surface area contributed by atoms with Gasteiger partial charge in [0.05, 0.1) is 22.3 Å². The summed E-state index contributed by atoms with van der Waals surface area (Å²) in [6.07, 6.45) is 5.86. The molecule has 0 radical (unpaired) electrons. The van der Waals surface area contributed by atoms with Crippen molar-refractivity contribution in [1.82, 2.24) is 25.8 Å². The van der Waals surface area contributed by atoms with Crippen LogP contribution in [0.3, 0.4) is 0 Å². The Labute approximate surface area is 315 Å². The van der Waals surface area contributed by atoms with Gasteiger partial charge in [-0.05, 0) is 73.1 Å². The van der Waals surface area contributed by atoms with E-state index in [1.165, 1.54) is 35.4 Å². The van der Waals surface area contributed by atoms with E-state index in [0.29, 0.717) is 53.4 Å². The number of rotatable bonds is 14. The lowest BCUT2D eigenvalue weighted by atomic mass is 9.97. The molecule has 1 aliphatic carbocycles. The standard InChI is InChI=1S/C41H40F2N6O6/c1-44-37-29-18-28(33(43)19-34(29)46-20-30(37)39(53)47-24-10-11-24)23-9-12-27(32(42)17-23)38(52)45-15-4-2-3-7-25(50)16-22-6-5-8-26-31(22)21-49(41(26)55)35-13-14-36(51)48-40(35)54/h5-6,8-9,12,17-20,24,35H,2-4,7,10-11,13-16,21H2,1H3,(H,44,46)(H,45,52)(H,47,53)(H,48,51,54). The van der Waals surface area contributed by atoms with Crippen molar-refractivity contribution >= 4 is 51.9 Å². The number of anilines is 1. The molecule has 1 saturated carbocycles. The summed E-state index contributed by atoms with van der Waals surface area (Å²) in [6.45, 7) is 0.458. The molecule has 5 amide bonds. The number of pyridine rings is 1. The van der Waals surface area contributed by atoms with E-state index in [2.05, 4.69) is 26.3 Å². The summed E-state index contributed by atoms with van der Waals surface area (Å²) in [4.78, 5) is 81.3. The predicted octanol–water partition coefficient (Wildman–Crippen LogP) is 4.98. The van der Waals surface area contributed by atoms with Gasteiger partial charge < -0.3 is 20.9 Å². The van der Waals surface area contributed by atoms with Gasteiger partial charge >= 0.3 is 0 Å². The first-order valence-corrected chi connectivity index (χ1v) is 18.5. The van der Waals surface area contributed by atoms with Gasteiger partial charge in [0.1, 0.15) is 23.5 Å². The van der Waals surface area contributed by atoms with E-state index in [1.807, 2.05) is 6.07 Å². The molecule has 14 heteroatoms. The van der Waals surface area contributed by atoms with Crippen molar-refractivity contribution in [2.45, 2.75) is 76.4 Å². The molecule has 2 fully saturated rings. The number of aromatic nitrogens is 1. The number of nitrogens with one attached hydrogen (secondary N) is 4. The summed E-state index contributed by atoms with van der Waals surface area (Å²) in [5.41, 5.74) is 3.14. The first-order chi connectivity index (χ1) is 26.5. The van der Waals surface area contributed by atoms with Crippen molar-refractivity contribution in [3.63, 3.8) is 0 Å². The Bertz CT molecular complexity index is 2260. The SMILES string of the molecule is CNc1c(C(=O)NC2CC2)cnc2cc(F)c(-c3ccc(C(=O)NCCCCCC(=O)Cc4cccc5c4CN(C4CCC(=O)NC4=O)C5=O)c(F)c3)cc12. The molecular weight excluding hydrogens is 710 g/mol. The number of carbonyl (C=O) groups excluding carboxylic acids is 6. The van der Waals surface area contributed by atoms with E-state index in [9.17, 15) is 28.8 Å². The lowest BCUT2D eigenvalue weighted by Gasteiger charge is -2.29. The maximum Gasteiger partial charge on any atom is 0.255 e. The molecule has 2 aliphatic heterocycles. The number of amides is 5. The minimum absolute atomic E-state index is 0.00712. The maximum atomic E-state index is 15.3. The van der Waals surface area contributed by atoms with Gasteiger partial charge in [-0.1, -0.05) is 24.6 Å². The van der Waals surface area contributed by atoms with E-state index in [4.69, 9.17) is 0 Å². The van der Waals surface area contributed by atoms with Crippen LogP contribution in [0.4, 0.5) is 14.5 Å². The molecule has 3 heterocycles. The molecule has 55 heavy (non-hydrogen) atoms. The van der Waals surface area contributed by atoms with Gasteiger partial charge in [-0.2, -0.15) is 0 Å². The second-order valence-electron chi connectivity index (χ2n) is 14.2. The van der Waals surface area contributed by atoms with E-state index in [0.717, 1.165) is 30.0 Å². The van der Waals surface area contributed by atoms with Crippen LogP contribution >= 0.6 is 0 Å². The van der Waals surface area contributed by atoms with Gasteiger partial charge in [0.25, 0.3) is 17.7 Å². The first kappa shape index (κ1) is 37.3. The number of piperidine rings is 1. The van der Waals surface area contributed by atoms with Crippen molar-refractivity contribution in [2.24, 2.45) is 0 Å². The molecule has 0 spiro atoms. The number of ketones is 1. The summed E-state index contributed by atoms with van der Waals surface area (Å²) < 4.78 is 30.5. The summed E-state index contributed by atoms with van der Waals surface area (Å²) >= 11 is 0. The van der Waals surface area contributed by atoms with E-state index < -0.39 is 29.5 Å². The third-order valence-electron chi connectivity index (χ3n) is 10.4. The molecule has 4 aromatic rings. The van der Waals surface area contributed by atoms with Gasteiger partial charge in [-0.3, -0.25) is 39.1 Å². The molecule has 284 valence electrons. The second-order valence-corrected chi connectivity index (χ2v) is 14.2. The third kappa shape index (κ3) is 7.94. The van der Waals surface area contributed by atoms with Crippen LogP contribution < -0.4 is 21.3 Å². The molecule has 7 rings (SSSR count). The fourth-order valence-electron chi connectivity index (χ4n) is 7.27. The van der Waals surface area contributed by atoms with Crippen molar-refractivity contribution in [3.05, 3.63) is 94.2 Å². The Morgan fingerprint density at radius 2 is 1.73 bits per heavy atom. The quantitative estimate of drug-likeness (QED) is 0.104. The summed E-state index contributed by atoms with van der Waals surface area (Å²) in [5, 5.41) is 11.4. The van der Waals surface area contributed by atoms with E-state index in [1.54, 1.807) is 19.2 Å². The van der Waals surface area contributed by atoms with Gasteiger partial charge in [0.2, 0.25) is 11.8 Å². The minimum atomic E-state index is -0.820. The number of benzene rings is 3. The van der Waals surface area contributed by atoms with Crippen molar-refractivity contribution in [3.8, 4) is 11.1 Å². The van der Waals surface area contributed by atoms with Crippen LogP contribution in [0, 0.1) is 11.6 Å². The summed E-state index contributed by atoms with van der Waals surface area (Å²) in [7, 11) is 1.65. The smallest absolute Gasteiger partial charge is 0.255 e. The molecule has 3 aromatic carbocycles. The number of carbonyl (C=O) groups is 6. The van der Waals surface area contributed by atoms with Crippen LogP contribution in [0.15, 0.2) is 54.7 Å². The molecular formula is C41H40F2N6O6. The number of Topliss-reactive ketones (excluding diaryl/α,β-unsaturated/α-hetero) is 1. The van der Waals surface area contributed by atoms with Gasteiger partial charge in [-0.15, -0.1) is 0 Å². The van der Waals surface area contributed by atoms with Crippen molar-refractivity contribution in [2.75, 3.05) is 18.9 Å². The number of fused-ring (bicyclic) bond motifs is 2. The minimum Gasteiger partial charge on any atom is -0.387 e. The van der Waals surface area contributed by atoms with E-state index in [-0.39, 0.29) is 78.6 Å². The topological polar surface area (TPSA) is 167 Å². The molecule has 0 bridgehead atoms. The predicted molar refractivity (Wildman–Crippen MR) is 199 cm³/mol. The highest BCUT2D eigenvalue weighted by Crippen LogP contribution is 2.34. The highest BCUT2D eigenvalue weighted by atomic mass is 19.1. The number of halogens is 2. The molecule has 1 saturated heterocycles. The number of hydrogen-bond donors (Lipinski definition) is 4. The van der Waals surface area contributed by atoms with Crippen molar-refractivity contribution in [1.29, 1.82) is 0 Å². The average molecular weight is 751 g/mol. The normalized spacial score (nSPS) is 16.5. The van der Waals surface area contributed by atoms with Crippen molar-refractivity contribution < 1.29 is 37.5 Å². The highest BCUT2D eigenvalue weighted by molar-refractivity contribution is 6.08. The Kier molecular flexibility index (Phi) is 10.7. The average Bonchev–Trinajstić information content (AvgIpc) is 3.92. The zero-order valence-electron chi connectivity index (χ0n) is 30.2. The van der Waals surface area contributed by atoms with Gasteiger partial charge in [0.15, 0.2) is 0 Å². The molecule has 12 nitrogen and oxygen atoms in total. The zero-order valence-corrected chi connectivity index (χ0v) is 30.2. The van der Waals surface area contributed by atoms with Gasteiger partial charge in [-0.25, -0.2) is 8.78 Å². The van der Waals surface area contributed by atoms with E-state index >= 15 is 8.78 Å². The molecule has 3 aliphatic rings. The largest absolute Gasteiger partial charge is 0.387 e. The monoisotopic (exact) mass is 750 g/mol.